The highest BCUT2D eigenvalue weighted by atomic mass is 32.1. The monoisotopic (exact) mass is 431 g/mol. The summed E-state index contributed by atoms with van der Waals surface area (Å²) < 4.78 is 15.8. The molecule has 0 aromatic heterocycles. The van der Waals surface area contributed by atoms with Crippen LogP contribution in [0.5, 0.6) is 17.2 Å². The first-order valence-electron chi connectivity index (χ1n) is 9.16. The van der Waals surface area contributed by atoms with Gasteiger partial charge in [-0.1, -0.05) is 13.0 Å². The van der Waals surface area contributed by atoms with Crippen molar-refractivity contribution in [2.24, 2.45) is 0 Å². The van der Waals surface area contributed by atoms with Gasteiger partial charge in [-0.25, -0.2) is 0 Å². The van der Waals surface area contributed by atoms with E-state index in [4.69, 9.17) is 26.4 Å². The van der Waals surface area contributed by atoms with Crippen molar-refractivity contribution in [3.63, 3.8) is 0 Å². The van der Waals surface area contributed by atoms with Crippen LogP contribution in [0.2, 0.25) is 0 Å². The maximum absolute atomic E-state index is 12.7. The summed E-state index contributed by atoms with van der Waals surface area (Å²) >= 11 is 5.28. The molecule has 2 aromatic carbocycles. The Morgan fingerprint density at radius 3 is 2.03 bits per heavy atom. The Labute approximate surface area is 180 Å². The lowest BCUT2D eigenvalue weighted by Crippen LogP contribution is -2.34. The zero-order chi connectivity index (χ0) is 22.3. The van der Waals surface area contributed by atoms with E-state index in [1.54, 1.807) is 25.1 Å². The molecule has 0 atom stereocenters. The van der Waals surface area contributed by atoms with Gasteiger partial charge in [0, 0.05) is 23.4 Å². The van der Waals surface area contributed by atoms with E-state index in [-0.39, 0.29) is 16.6 Å². The van der Waals surface area contributed by atoms with Crippen LogP contribution in [0, 0.1) is 6.92 Å². The lowest BCUT2D eigenvalue weighted by molar-refractivity contribution is -0.115. The Bertz CT molecular complexity index is 937. The zero-order valence-corrected chi connectivity index (χ0v) is 18.4. The minimum Gasteiger partial charge on any atom is -0.493 e. The summed E-state index contributed by atoms with van der Waals surface area (Å²) in [4.78, 5) is 24.3. The van der Waals surface area contributed by atoms with Gasteiger partial charge in [0.25, 0.3) is 5.91 Å². The van der Waals surface area contributed by atoms with Crippen LogP contribution in [0.4, 0.5) is 11.4 Å². The molecule has 0 heterocycles. The van der Waals surface area contributed by atoms with E-state index in [1.165, 1.54) is 33.5 Å². The molecule has 160 valence electrons. The molecule has 0 bridgehead atoms. The van der Waals surface area contributed by atoms with Crippen LogP contribution >= 0.6 is 12.2 Å². The minimum atomic E-state index is -0.445. The van der Waals surface area contributed by atoms with E-state index in [0.717, 1.165) is 5.56 Å². The van der Waals surface area contributed by atoms with Crippen LogP contribution in [0.1, 0.15) is 29.3 Å². The van der Waals surface area contributed by atoms with E-state index in [9.17, 15) is 9.59 Å². The van der Waals surface area contributed by atoms with Gasteiger partial charge in [-0.05, 0) is 49.0 Å². The summed E-state index contributed by atoms with van der Waals surface area (Å²) in [6, 6.07) is 8.45. The van der Waals surface area contributed by atoms with Crippen LogP contribution in [0.3, 0.4) is 0 Å². The van der Waals surface area contributed by atoms with Crippen molar-refractivity contribution >= 4 is 40.5 Å². The lowest BCUT2D eigenvalue weighted by Gasteiger charge is -2.16. The minimum absolute atomic E-state index is 0.0893. The fraction of sp³-hybridized carbons (Fsp3) is 0.286. The molecular formula is C21H25N3O5S. The van der Waals surface area contributed by atoms with Gasteiger partial charge < -0.3 is 24.8 Å². The van der Waals surface area contributed by atoms with Crippen molar-refractivity contribution in [1.29, 1.82) is 0 Å². The van der Waals surface area contributed by atoms with Crippen molar-refractivity contribution in [1.82, 2.24) is 5.32 Å². The first kappa shape index (κ1) is 23.0. The molecule has 9 heteroatoms. The highest BCUT2D eigenvalue weighted by Gasteiger charge is 2.18. The van der Waals surface area contributed by atoms with Crippen LogP contribution in [-0.4, -0.2) is 38.3 Å². The van der Waals surface area contributed by atoms with Gasteiger partial charge in [0.2, 0.25) is 11.7 Å². The zero-order valence-electron chi connectivity index (χ0n) is 17.5. The highest BCUT2D eigenvalue weighted by molar-refractivity contribution is 7.80. The molecule has 0 aliphatic heterocycles. The number of hydrogen-bond acceptors (Lipinski definition) is 6. The molecule has 0 unspecified atom stereocenters. The third kappa shape index (κ3) is 5.38. The van der Waals surface area contributed by atoms with Crippen LogP contribution in [0.25, 0.3) is 0 Å². The summed E-state index contributed by atoms with van der Waals surface area (Å²) in [5.41, 5.74) is 2.42. The Kier molecular flexibility index (Phi) is 7.99. The number of amides is 2. The van der Waals surface area contributed by atoms with Crippen LogP contribution in [-0.2, 0) is 4.79 Å². The predicted molar refractivity (Wildman–Crippen MR) is 120 cm³/mol. The quantitative estimate of drug-likeness (QED) is 0.577. The molecule has 0 aliphatic carbocycles. The van der Waals surface area contributed by atoms with E-state index in [1.807, 2.05) is 6.92 Å². The molecule has 3 N–H and O–H groups in total. The predicted octanol–water partition coefficient (Wildman–Crippen LogP) is 3.50. The topological polar surface area (TPSA) is 97.9 Å². The Morgan fingerprint density at radius 2 is 1.53 bits per heavy atom. The Balaban J connectivity index is 2.17. The number of nitrogens with one attached hydrogen (secondary N) is 3. The summed E-state index contributed by atoms with van der Waals surface area (Å²) in [6.07, 6.45) is 0.375. The van der Waals surface area contributed by atoms with E-state index in [0.29, 0.717) is 35.0 Å². The van der Waals surface area contributed by atoms with Gasteiger partial charge in [0.05, 0.1) is 21.3 Å². The smallest absolute Gasteiger partial charge is 0.257 e. The summed E-state index contributed by atoms with van der Waals surface area (Å²) in [5.74, 6) is 0.569. The Morgan fingerprint density at radius 1 is 0.967 bits per heavy atom. The van der Waals surface area contributed by atoms with Crippen molar-refractivity contribution in [3.05, 3.63) is 41.5 Å². The SMILES string of the molecule is CCC(=O)Nc1cccc(NC(=S)NC(=O)c2cc(OC)c(OC)c(OC)c2)c1C. The number of hydrogen-bond donors (Lipinski definition) is 3. The largest absolute Gasteiger partial charge is 0.493 e. The highest BCUT2D eigenvalue weighted by Crippen LogP contribution is 2.38. The van der Waals surface area contributed by atoms with E-state index >= 15 is 0 Å². The Hall–Kier alpha value is -3.33. The summed E-state index contributed by atoms with van der Waals surface area (Å²) in [5, 5.41) is 8.54. The average molecular weight is 432 g/mol. The number of carbonyl (C=O) groups is 2. The summed E-state index contributed by atoms with van der Waals surface area (Å²) in [7, 11) is 4.43. The standard InChI is InChI=1S/C21H25N3O5S/c1-6-18(25)22-14-8-7-9-15(12(14)2)23-21(30)24-20(26)13-10-16(27-3)19(29-5)17(11-13)28-4/h7-11H,6H2,1-5H3,(H,22,25)(H2,23,24,26,30). The van der Waals surface area contributed by atoms with Gasteiger partial charge in [-0.15, -0.1) is 0 Å². The van der Waals surface area contributed by atoms with Crippen molar-refractivity contribution in [2.45, 2.75) is 20.3 Å². The number of carbonyl (C=O) groups excluding carboxylic acids is 2. The molecule has 0 saturated heterocycles. The normalized spacial score (nSPS) is 10.0. The van der Waals surface area contributed by atoms with Gasteiger partial charge in [-0.2, -0.15) is 0 Å². The molecular weight excluding hydrogens is 406 g/mol. The van der Waals surface area contributed by atoms with Crippen LogP contribution < -0.4 is 30.2 Å². The molecule has 0 fully saturated rings. The van der Waals surface area contributed by atoms with Gasteiger partial charge in [0.15, 0.2) is 16.6 Å². The third-order valence-electron chi connectivity index (χ3n) is 4.33. The van der Waals surface area contributed by atoms with Crippen molar-refractivity contribution < 1.29 is 23.8 Å². The van der Waals surface area contributed by atoms with Gasteiger partial charge >= 0.3 is 0 Å². The van der Waals surface area contributed by atoms with E-state index in [2.05, 4.69) is 16.0 Å². The maximum Gasteiger partial charge on any atom is 0.257 e. The first-order valence-corrected chi connectivity index (χ1v) is 9.57. The van der Waals surface area contributed by atoms with Gasteiger partial charge in [-0.3, -0.25) is 14.9 Å². The van der Waals surface area contributed by atoms with Crippen LogP contribution in [0.15, 0.2) is 30.3 Å². The first-order chi connectivity index (χ1) is 14.3. The second-order valence-corrected chi connectivity index (χ2v) is 6.61. The van der Waals surface area contributed by atoms with Gasteiger partial charge in [0.1, 0.15) is 0 Å². The van der Waals surface area contributed by atoms with Crippen molar-refractivity contribution in [2.75, 3.05) is 32.0 Å². The number of ether oxygens (including phenoxy) is 3. The molecule has 0 saturated carbocycles. The van der Waals surface area contributed by atoms with E-state index < -0.39 is 5.91 Å². The average Bonchev–Trinajstić information content (AvgIpc) is 2.74. The number of methoxy groups -OCH3 is 3. The summed E-state index contributed by atoms with van der Waals surface area (Å²) in [6.45, 7) is 3.62. The second kappa shape index (κ2) is 10.4. The number of rotatable bonds is 7. The molecule has 30 heavy (non-hydrogen) atoms. The second-order valence-electron chi connectivity index (χ2n) is 6.20. The van der Waals surface area contributed by atoms with Crippen molar-refractivity contribution in [3.8, 4) is 17.2 Å². The molecule has 8 nitrogen and oxygen atoms in total. The third-order valence-corrected chi connectivity index (χ3v) is 4.54. The lowest BCUT2D eigenvalue weighted by atomic mass is 10.1. The molecule has 0 radical (unpaired) electrons. The number of thiocarbonyl (C=S) groups is 1. The number of benzene rings is 2. The fourth-order valence-corrected chi connectivity index (χ4v) is 2.89. The maximum atomic E-state index is 12.7. The molecule has 2 rings (SSSR count). The fourth-order valence-electron chi connectivity index (χ4n) is 2.69. The molecule has 0 aliphatic rings. The molecule has 2 aromatic rings. The number of anilines is 2. The molecule has 2 amide bonds. The molecule has 0 spiro atoms.